The Bertz CT molecular complexity index is 693. The quantitative estimate of drug-likeness (QED) is 0.502. The summed E-state index contributed by atoms with van der Waals surface area (Å²) in [5.74, 6) is 3.82. The number of rotatable bonds is 5. The smallest absolute Gasteiger partial charge is 0.0605 e. The normalized spacial score (nSPS) is 45.2. The summed E-state index contributed by atoms with van der Waals surface area (Å²) < 4.78 is 0. The SMILES string of the molecule is C=C(CC(O)C(C)C1CCC2C3CC=C4CC(O)CCC4(C)C3CCC12C)C(C)C. The van der Waals surface area contributed by atoms with Gasteiger partial charge < -0.3 is 10.2 Å². The lowest BCUT2D eigenvalue weighted by Crippen LogP contribution is -2.51. The summed E-state index contributed by atoms with van der Waals surface area (Å²) in [7, 11) is 0. The molecule has 2 heteroatoms. The van der Waals surface area contributed by atoms with Crippen molar-refractivity contribution < 1.29 is 10.2 Å². The molecule has 0 spiro atoms. The lowest BCUT2D eigenvalue weighted by molar-refractivity contribution is -0.0672. The fourth-order valence-electron chi connectivity index (χ4n) is 8.50. The van der Waals surface area contributed by atoms with Crippen LogP contribution in [0.3, 0.4) is 0 Å². The molecule has 0 heterocycles. The van der Waals surface area contributed by atoms with Crippen molar-refractivity contribution in [3.05, 3.63) is 23.8 Å². The van der Waals surface area contributed by atoms with E-state index >= 15 is 0 Å². The van der Waals surface area contributed by atoms with E-state index in [9.17, 15) is 10.2 Å². The van der Waals surface area contributed by atoms with E-state index < -0.39 is 0 Å². The summed E-state index contributed by atoms with van der Waals surface area (Å²) in [4.78, 5) is 0. The first-order valence-electron chi connectivity index (χ1n) is 12.8. The molecule has 9 unspecified atom stereocenters. The molecule has 3 fully saturated rings. The van der Waals surface area contributed by atoms with Gasteiger partial charge in [-0.3, -0.25) is 0 Å². The molecule has 0 aliphatic heterocycles. The predicted molar refractivity (Wildman–Crippen MR) is 125 cm³/mol. The van der Waals surface area contributed by atoms with Crippen molar-refractivity contribution in [3.63, 3.8) is 0 Å². The Hall–Kier alpha value is -0.600. The van der Waals surface area contributed by atoms with Gasteiger partial charge in [0, 0.05) is 0 Å². The highest BCUT2D eigenvalue weighted by Crippen LogP contribution is 2.67. The zero-order valence-corrected chi connectivity index (χ0v) is 20.2. The fraction of sp³-hybridized carbons (Fsp3) is 0.857. The van der Waals surface area contributed by atoms with E-state index in [2.05, 4.69) is 47.3 Å². The number of aliphatic hydroxyl groups is 2. The van der Waals surface area contributed by atoms with E-state index in [-0.39, 0.29) is 12.2 Å². The Morgan fingerprint density at radius 2 is 1.83 bits per heavy atom. The second-order valence-corrected chi connectivity index (χ2v) is 12.3. The van der Waals surface area contributed by atoms with Crippen molar-refractivity contribution in [1.82, 2.24) is 0 Å². The number of fused-ring (bicyclic) bond motifs is 5. The molecule has 0 aromatic rings. The van der Waals surface area contributed by atoms with Crippen molar-refractivity contribution in [3.8, 4) is 0 Å². The van der Waals surface area contributed by atoms with Crippen LogP contribution in [0.5, 0.6) is 0 Å². The Kier molecular flexibility index (Phi) is 6.08. The van der Waals surface area contributed by atoms with E-state index in [0.29, 0.717) is 28.6 Å². The molecule has 0 radical (unpaired) electrons. The summed E-state index contributed by atoms with van der Waals surface area (Å²) in [6, 6.07) is 0. The number of hydrogen-bond acceptors (Lipinski definition) is 2. The molecule has 3 saturated carbocycles. The van der Waals surface area contributed by atoms with E-state index in [1.165, 1.54) is 44.1 Å². The molecule has 30 heavy (non-hydrogen) atoms. The Morgan fingerprint density at radius 3 is 2.53 bits per heavy atom. The first kappa shape index (κ1) is 22.6. The highest BCUT2D eigenvalue weighted by Gasteiger charge is 2.59. The molecule has 170 valence electrons. The largest absolute Gasteiger partial charge is 0.393 e. The van der Waals surface area contributed by atoms with Gasteiger partial charge in [0.15, 0.2) is 0 Å². The van der Waals surface area contributed by atoms with Gasteiger partial charge in [0.05, 0.1) is 12.2 Å². The van der Waals surface area contributed by atoms with Crippen LogP contribution in [0.4, 0.5) is 0 Å². The molecule has 0 saturated heterocycles. The van der Waals surface area contributed by atoms with Gasteiger partial charge in [-0.25, -0.2) is 0 Å². The predicted octanol–water partition coefficient (Wildman–Crippen LogP) is 6.53. The first-order chi connectivity index (χ1) is 14.1. The highest BCUT2D eigenvalue weighted by atomic mass is 16.3. The third-order valence-electron chi connectivity index (χ3n) is 10.7. The summed E-state index contributed by atoms with van der Waals surface area (Å²) in [5, 5.41) is 21.3. The van der Waals surface area contributed by atoms with Gasteiger partial charge in [-0.1, -0.05) is 58.4 Å². The van der Waals surface area contributed by atoms with Crippen LogP contribution in [0.25, 0.3) is 0 Å². The summed E-state index contributed by atoms with van der Waals surface area (Å²) in [6.07, 6.45) is 12.5. The minimum atomic E-state index is -0.256. The van der Waals surface area contributed by atoms with Gasteiger partial charge >= 0.3 is 0 Å². The van der Waals surface area contributed by atoms with Crippen molar-refractivity contribution in [2.45, 2.75) is 105 Å². The summed E-state index contributed by atoms with van der Waals surface area (Å²) in [5.41, 5.74) is 3.45. The van der Waals surface area contributed by atoms with E-state index in [4.69, 9.17) is 0 Å². The number of aliphatic hydroxyl groups excluding tert-OH is 2. The molecule has 0 aromatic heterocycles. The highest BCUT2D eigenvalue weighted by molar-refractivity contribution is 5.25. The minimum Gasteiger partial charge on any atom is -0.393 e. The Morgan fingerprint density at radius 1 is 1.10 bits per heavy atom. The molecule has 0 amide bonds. The van der Waals surface area contributed by atoms with Gasteiger partial charge in [0.2, 0.25) is 0 Å². The van der Waals surface area contributed by atoms with Crippen LogP contribution >= 0.6 is 0 Å². The van der Waals surface area contributed by atoms with E-state index in [0.717, 1.165) is 37.0 Å². The van der Waals surface area contributed by atoms with Crippen molar-refractivity contribution >= 4 is 0 Å². The van der Waals surface area contributed by atoms with Crippen LogP contribution in [-0.2, 0) is 0 Å². The molecule has 2 nitrogen and oxygen atoms in total. The zero-order chi connectivity index (χ0) is 21.8. The van der Waals surface area contributed by atoms with Gasteiger partial charge in [-0.15, -0.1) is 0 Å². The standard InChI is InChI=1S/C28H46O2/c1-17(2)18(3)15-26(30)19(4)23-9-10-24-22-8-7-20-16-21(29)11-13-27(20,5)25(22)12-14-28(23,24)6/h7,17,19,21-26,29-30H,3,8-16H2,1-2,4-6H3. The molecule has 4 aliphatic carbocycles. The monoisotopic (exact) mass is 414 g/mol. The fourth-order valence-corrected chi connectivity index (χ4v) is 8.50. The summed E-state index contributed by atoms with van der Waals surface area (Å²) >= 11 is 0. The molecule has 0 aromatic carbocycles. The average Bonchev–Trinajstić information content (AvgIpc) is 3.04. The average molecular weight is 415 g/mol. The molecule has 2 N–H and O–H groups in total. The second-order valence-electron chi connectivity index (χ2n) is 12.3. The van der Waals surface area contributed by atoms with Crippen molar-refractivity contribution in [1.29, 1.82) is 0 Å². The maximum Gasteiger partial charge on any atom is 0.0605 e. The maximum absolute atomic E-state index is 11.1. The molecule has 4 aliphatic rings. The topological polar surface area (TPSA) is 40.5 Å². The van der Waals surface area contributed by atoms with Crippen LogP contribution in [0, 0.1) is 46.3 Å². The van der Waals surface area contributed by atoms with Crippen LogP contribution in [-0.4, -0.2) is 22.4 Å². The molecular formula is C28H46O2. The van der Waals surface area contributed by atoms with E-state index in [1.807, 2.05) is 0 Å². The first-order valence-corrected chi connectivity index (χ1v) is 12.8. The van der Waals surface area contributed by atoms with Gasteiger partial charge in [0.1, 0.15) is 0 Å². The lowest BCUT2D eigenvalue weighted by atomic mass is 9.47. The van der Waals surface area contributed by atoms with Crippen molar-refractivity contribution in [2.75, 3.05) is 0 Å². The van der Waals surface area contributed by atoms with Gasteiger partial charge in [0.25, 0.3) is 0 Å². The van der Waals surface area contributed by atoms with Crippen LogP contribution < -0.4 is 0 Å². The van der Waals surface area contributed by atoms with E-state index in [1.54, 1.807) is 5.57 Å². The minimum absolute atomic E-state index is 0.117. The molecule has 9 atom stereocenters. The maximum atomic E-state index is 11.1. The zero-order valence-electron chi connectivity index (χ0n) is 20.2. The van der Waals surface area contributed by atoms with Crippen LogP contribution in [0.15, 0.2) is 23.8 Å². The third-order valence-corrected chi connectivity index (χ3v) is 10.7. The Labute approximate surface area is 185 Å². The van der Waals surface area contributed by atoms with Crippen molar-refractivity contribution in [2.24, 2.45) is 46.3 Å². The third kappa shape index (κ3) is 3.54. The molecule has 4 rings (SSSR count). The van der Waals surface area contributed by atoms with Crippen LogP contribution in [0.1, 0.15) is 92.4 Å². The van der Waals surface area contributed by atoms with Gasteiger partial charge in [-0.2, -0.15) is 0 Å². The molecule has 0 bridgehead atoms. The second kappa shape index (κ2) is 8.07. The Balaban J connectivity index is 1.52. The lowest BCUT2D eigenvalue weighted by Gasteiger charge is -2.58. The molecular weight excluding hydrogens is 368 g/mol. The number of hydrogen-bond donors (Lipinski definition) is 2. The summed E-state index contributed by atoms with van der Waals surface area (Å²) in [6.45, 7) is 16.0. The number of allylic oxidation sites excluding steroid dienone is 1. The van der Waals surface area contributed by atoms with Crippen LogP contribution in [0.2, 0.25) is 0 Å². The van der Waals surface area contributed by atoms with Gasteiger partial charge in [-0.05, 0) is 104 Å².